The molecule has 27 heavy (non-hydrogen) atoms. The van der Waals surface area contributed by atoms with Crippen molar-refractivity contribution >= 4 is 35.0 Å². The molecule has 2 aromatic carbocycles. The molecule has 0 unspecified atom stereocenters. The van der Waals surface area contributed by atoms with Gasteiger partial charge in [-0.15, -0.1) is 0 Å². The summed E-state index contributed by atoms with van der Waals surface area (Å²) in [5, 5.41) is 2.95. The molecule has 1 N–H and O–H groups in total. The molecule has 0 fully saturated rings. The highest BCUT2D eigenvalue weighted by Crippen LogP contribution is 2.35. The number of hydrogen-bond donors (Lipinski definition) is 1. The lowest BCUT2D eigenvalue weighted by atomic mass is 9.98. The Bertz CT molecular complexity index is 928. The van der Waals surface area contributed by atoms with Crippen LogP contribution in [0.15, 0.2) is 36.4 Å². The van der Waals surface area contributed by atoms with Gasteiger partial charge in [0.15, 0.2) is 0 Å². The molecule has 140 valence electrons. The maximum atomic E-state index is 12.5. The highest BCUT2D eigenvalue weighted by atomic mass is 35.5. The first-order valence-electron chi connectivity index (χ1n) is 8.08. The predicted molar refractivity (Wildman–Crippen MR) is 99.4 cm³/mol. The summed E-state index contributed by atoms with van der Waals surface area (Å²) < 4.78 is 10.3. The molecule has 0 aliphatic carbocycles. The van der Waals surface area contributed by atoms with E-state index in [0.29, 0.717) is 33.3 Å². The quantitative estimate of drug-likeness (QED) is 0.795. The number of nitrogens with zero attached hydrogens (tertiary/aromatic N) is 1. The van der Waals surface area contributed by atoms with E-state index in [1.54, 1.807) is 24.3 Å². The molecule has 2 aromatic rings. The lowest BCUT2D eigenvalue weighted by Gasteiger charge is -2.26. The van der Waals surface area contributed by atoms with E-state index in [-0.39, 0.29) is 6.42 Å². The zero-order valence-corrected chi connectivity index (χ0v) is 15.5. The van der Waals surface area contributed by atoms with Crippen LogP contribution in [0, 0.1) is 0 Å². The Labute approximate surface area is 160 Å². The topological polar surface area (TPSA) is 84.9 Å². The number of rotatable bonds is 5. The van der Waals surface area contributed by atoms with E-state index >= 15 is 0 Å². The van der Waals surface area contributed by atoms with Crippen LogP contribution in [0.1, 0.15) is 15.9 Å². The van der Waals surface area contributed by atoms with Gasteiger partial charge in [-0.3, -0.25) is 19.3 Å². The van der Waals surface area contributed by atoms with E-state index in [1.807, 2.05) is 0 Å². The zero-order chi connectivity index (χ0) is 19.6. The molecule has 1 heterocycles. The van der Waals surface area contributed by atoms with Gasteiger partial charge in [0, 0.05) is 17.7 Å². The summed E-state index contributed by atoms with van der Waals surface area (Å²) >= 11 is 6.04. The Morgan fingerprint density at radius 3 is 2.56 bits per heavy atom. The number of hydrogen-bond acceptors (Lipinski definition) is 5. The Kier molecular flexibility index (Phi) is 5.32. The number of amides is 3. The van der Waals surface area contributed by atoms with Gasteiger partial charge in [0.2, 0.25) is 11.8 Å². The molecule has 0 aromatic heterocycles. The van der Waals surface area contributed by atoms with Gasteiger partial charge in [-0.05, 0) is 11.6 Å². The normalized spacial score (nSPS) is 13.2. The number of imide groups is 1. The molecule has 0 radical (unpaired) electrons. The van der Waals surface area contributed by atoms with E-state index in [0.717, 1.165) is 4.90 Å². The molecular weight excluding hydrogens is 372 g/mol. The highest BCUT2D eigenvalue weighted by Gasteiger charge is 2.32. The third-order valence-corrected chi connectivity index (χ3v) is 4.48. The van der Waals surface area contributed by atoms with Crippen molar-refractivity contribution < 1.29 is 23.9 Å². The number of fused-ring (bicyclic) bond motifs is 1. The molecule has 1 aliphatic heterocycles. The van der Waals surface area contributed by atoms with Gasteiger partial charge in [0.05, 0.1) is 31.4 Å². The smallest absolute Gasteiger partial charge is 0.261 e. The van der Waals surface area contributed by atoms with Gasteiger partial charge in [0.1, 0.15) is 18.0 Å². The van der Waals surface area contributed by atoms with Crippen LogP contribution >= 0.6 is 11.6 Å². The fourth-order valence-electron chi connectivity index (χ4n) is 2.85. The van der Waals surface area contributed by atoms with E-state index in [2.05, 4.69) is 5.32 Å². The van der Waals surface area contributed by atoms with E-state index in [9.17, 15) is 14.4 Å². The van der Waals surface area contributed by atoms with Crippen LogP contribution in [0.2, 0.25) is 5.02 Å². The fourth-order valence-corrected chi connectivity index (χ4v) is 3.08. The fraction of sp³-hybridized carbons (Fsp3) is 0.211. The van der Waals surface area contributed by atoms with Gasteiger partial charge in [0.25, 0.3) is 5.91 Å². The van der Waals surface area contributed by atoms with Crippen molar-refractivity contribution in [1.82, 2.24) is 4.90 Å². The molecule has 0 bridgehead atoms. The van der Waals surface area contributed by atoms with Crippen molar-refractivity contribution in [3.63, 3.8) is 0 Å². The highest BCUT2D eigenvalue weighted by molar-refractivity contribution is 6.32. The van der Waals surface area contributed by atoms with Crippen molar-refractivity contribution in [2.45, 2.75) is 6.42 Å². The minimum absolute atomic E-state index is 0.0767. The summed E-state index contributed by atoms with van der Waals surface area (Å²) in [6, 6.07) is 9.87. The van der Waals surface area contributed by atoms with Crippen molar-refractivity contribution in [1.29, 1.82) is 0 Å². The predicted octanol–water partition coefficient (Wildman–Crippen LogP) is 2.52. The summed E-state index contributed by atoms with van der Waals surface area (Å²) in [7, 11) is 2.88. The third kappa shape index (κ3) is 3.73. The largest absolute Gasteiger partial charge is 0.495 e. The molecular formula is C19H17ClN2O5. The zero-order valence-electron chi connectivity index (χ0n) is 14.7. The second kappa shape index (κ2) is 7.67. The van der Waals surface area contributed by atoms with Crippen molar-refractivity contribution in [3.8, 4) is 11.5 Å². The summed E-state index contributed by atoms with van der Waals surface area (Å²) in [5.74, 6) is -0.770. The van der Waals surface area contributed by atoms with Crippen LogP contribution in [-0.2, 0) is 16.0 Å². The standard InChI is InChI=1S/C19H17ClN2O5/c1-26-15-9-14(16(27-2)8-13(15)20)21-17(23)10-22-18(24)7-11-5-3-4-6-12(11)19(22)25/h3-6,8-9H,7,10H2,1-2H3,(H,21,23). The maximum Gasteiger partial charge on any atom is 0.261 e. The van der Waals surface area contributed by atoms with Crippen LogP contribution < -0.4 is 14.8 Å². The first-order valence-corrected chi connectivity index (χ1v) is 8.46. The van der Waals surface area contributed by atoms with Crippen LogP contribution in [0.5, 0.6) is 11.5 Å². The SMILES string of the molecule is COc1cc(NC(=O)CN2C(=O)Cc3ccccc3C2=O)c(OC)cc1Cl. The molecule has 0 atom stereocenters. The molecule has 0 spiro atoms. The lowest BCUT2D eigenvalue weighted by Crippen LogP contribution is -2.46. The molecule has 3 amide bonds. The number of ether oxygens (including phenoxy) is 2. The Balaban J connectivity index is 1.79. The van der Waals surface area contributed by atoms with Gasteiger partial charge in [-0.1, -0.05) is 29.8 Å². The lowest BCUT2D eigenvalue weighted by molar-refractivity contribution is -0.131. The number of anilines is 1. The second-order valence-electron chi connectivity index (χ2n) is 5.85. The Morgan fingerprint density at radius 2 is 1.85 bits per heavy atom. The van der Waals surface area contributed by atoms with Gasteiger partial charge in [-0.25, -0.2) is 0 Å². The average molecular weight is 389 g/mol. The summed E-state index contributed by atoms with van der Waals surface area (Å²) in [6.45, 7) is -0.403. The minimum Gasteiger partial charge on any atom is -0.495 e. The third-order valence-electron chi connectivity index (χ3n) is 4.19. The van der Waals surface area contributed by atoms with E-state index in [4.69, 9.17) is 21.1 Å². The van der Waals surface area contributed by atoms with Gasteiger partial charge in [-0.2, -0.15) is 0 Å². The number of carbonyl (C=O) groups is 3. The first kappa shape index (κ1) is 18.7. The molecule has 3 rings (SSSR count). The number of methoxy groups -OCH3 is 2. The average Bonchev–Trinajstić information content (AvgIpc) is 2.66. The van der Waals surface area contributed by atoms with Gasteiger partial charge < -0.3 is 14.8 Å². The summed E-state index contributed by atoms with van der Waals surface area (Å²) in [5.41, 5.74) is 1.41. The minimum atomic E-state index is -0.543. The van der Waals surface area contributed by atoms with Crippen LogP contribution in [-0.4, -0.2) is 43.4 Å². The maximum absolute atomic E-state index is 12.5. The van der Waals surface area contributed by atoms with Crippen LogP contribution in [0.3, 0.4) is 0 Å². The molecule has 0 saturated carbocycles. The Morgan fingerprint density at radius 1 is 1.15 bits per heavy atom. The molecule has 0 saturated heterocycles. The van der Waals surface area contributed by atoms with E-state index < -0.39 is 24.3 Å². The molecule has 7 nitrogen and oxygen atoms in total. The Hall–Kier alpha value is -3.06. The number of halogens is 1. The van der Waals surface area contributed by atoms with Crippen LogP contribution in [0.25, 0.3) is 0 Å². The summed E-state index contributed by atoms with van der Waals surface area (Å²) in [6.07, 6.45) is 0.0767. The molecule has 8 heteroatoms. The number of nitrogens with one attached hydrogen (secondary N) is 1. The second-order valence-corrected chi connectivity index (χ2v) is 6.26. The van der Waals surface area contributed by atoms with E-state index in [1.165, 1.54) is 26.4 Å². The molecule has 1 aliphatic rings. The van der Waals surface area contributed by atoms with Crippen LogP contribution in [0.4, 0.5) is 5.69 Å². The number of benzene rings is 2. The monoisotopic (exact) mass is 388 g/mol. The first-order chi connectivity index (χ1) is 12.9. The van der Waals surface area contributed by atoms with Crippen molar-refractivity contribution in [2.75, 3.05) is 26.1 Å². The van der Waals surface area contributed by atoms with Gasteiger partial charge >= 0.3 is 0 Å². The van der Waals surface area contributed by atoms with Crippen molar-refractivity contribution in [3.05, 3.63) is 52.5 Å². The summed E-state index contributed by atoms with van der Waals surface area (Å²) in [4.78, 5) is 38.2. The van der Waals surface area contributed by atoms with Crippen molar-refractivity contribution in [2.24, 2.45) is 0 Å². The number of carbonyl (C=O) groups excluding carboxylic acids is 3.